The third-order valence-electron chi connectivity index (χ3n) is 4.37. The number of hydrogen-bond donors (Lipinski definition) is 0. The number of nitrogens with zero attached hydrogens (tertiary/aromatic N) is 2. The monoisotopic (exact) mass is 273 g/mol. The number of fused-ring (bicyclic) bond motifs is 2. The molecule has 4 rings (SSSR count). The maximum atomic E-state index is 4.51. The van der Waals surface area contributed by atoms with Gasteiger partial charge in [0.15, 0.2) is 5.69 Å². The van der Waals surface area contributed by atoms with Gasteiger partial charge in [0.25, 0.3) is 6.33 Å². The van der Waals surface area contributed by atoms with E-state index in [9.17, 15) is 0 Å². The van der Waals surface area contributed by atoms with Gasteiger partial charge in [-0.05, 0) is 46.8 Å². The highest BCUT2D eigenvalue weighted by atomic mass is 15.0. The Kier molecular flexibility index (Phi) is 2.64. The van der Waals surface area contributed by atoms with E-state index in [1.807, 2.05) is 6.33 Å². The molecule has 2 nitrogen and oxygen atoms in total. The van der Waals surface area contributed by atoms with Crippen LogP contribution in [-0.4, -0.2) is 4.98 Å². The first-order valence-electron chi connectivity index (χ1n) is 7.28. The van der Waals surface area contributed by atoms with E-state index in [0.29, 0.717) is 0 Å². The molecule has 0 radical (unpaired) electrons. The van der Waals surface area contributed by atoms with Crippen molar-refractivity contribution in [1.82, 2.24) is 4.98 Å². The van der Waals surface area contributed by atoms with Crippen LogP contribution in [0.3, 0.4) is 0 Å². The maximum absolute atomic E-state index is 4.51. The molecule has 1 aromatic heterocycles. The second-order valence-corrected chi connectivity index (χ2v) is 5.63. The summed E-state index contributed by atoms with van der Waals surface area (Å²) in [5.74, 6) is 0. The molecule has 0 atom stereocenters. The SMILES string of the molecule is Cc1c(-c2c3c(nc[n+]2C)C=CC3)ccc2ccccc12. The molecule has 102 valence electrons. The summed E-state index contributed by atoms with van der Waals surface area (Å²) in [6.45, 7) is 2.22. The fourth-order valence-electron chi connectivity index (χ4n) is 3.29. The van der Waals surface area contributed by atoms with Crippen molar-refractivity contribution in [3.8, 4) is 11.3 Å². The number of rotatable bonds is 1. The van der Waals surface area contributed by atoms with E-state index in [1.54, 1.807) is 0 Å². The fraction of sp³-hybridized carbons (Fsp3) is 0.158. The van der Waals surface area contributed by atoms with Crippen molar-refractivity contribution in [2.24, 2.45) is 7.05 Å². The lowest BCUT2D eigenvalue weighted by Crippen LogP contribution is -2.33. The van der Waals surface area contributed by atoms with Gasteiger partial charge in [-0.25, -0.2) is 4.57 Å². The summed E-state index contributed by atoms with van der Waals surface area (Å²) in [4.78, 5) is 4.51. The molecule has 0 spiro atoms. The minimum atomic E-state index is 0.971. The first-order valence-corrected chi connectivity index (χ1v) is 7.28. The van der Waals surface area contributed by atoms with E-state index < -0.39 is 0 Å². The quantitative estimate of drug-likeness (QED) is 0.619. The first kappa shape index (κ1) is 12.3. The van der Waals surface area contributed by atoms with Crippen molar-refractivity contribution < 1.29 is 4.57 Å². The standard InChI is InChI=1S/C19H17N2/c1-13-15-7-4-3-6-14(15)10-11-16(13)19-17-8-5-9-18(17)20-12-21(19)2/h3-7,9-12H,8H2,1-2H3/q+1. The third-order valence-corrected chi connectivity index (χ3v) is 4.37. The highest BCUT2D eigenvalue weighted by Crippen LogP contribution is 2.32. The predicted molar refractivity (Wildman–Crippen MR) is 85.8 cm³/mol. The van der Waals surface area contributed by atoms with Gasteiger partial charge < -0.3 is 0 Å². The smallest absolute Gasteiger partial charge is 0.232 e. The summed E-state index contributed by atoms with van der Waals surface area (Å²) in [6, 6.07) is 13.0. The molecule has 0 N–H and O–H groups in total. The van der Waals surface area contributed by atoms with E-state index in [2.05, 4.69) is 72.1 Å². The zero-order chi connectivity index (χ0) is 14.4. The molecule has 0 amide bonds. The second kappa shape index (κ2) is 4.52. The Morgan fingerprint density at radius 2 is 1.95 bits per heavy atom. The second-order valence-electron chi connectivity index (χ2n) is 5.63. The van der Waals surface area contributed by atoms with Gasteiger partial charge in [0, 0.05) is 5.56 Å². The molecule has 2 heteroatoms. The van der Waals surface area contributed by atoms with Gasteiger partial charge in [-0.2, -0.15) is 0 Å². The van der Waals surface area contributed by atoms with Gasteiger partial charge in [0.1, 0.15) is 5.69 Å². The van der Waals surface area contributed by atoms with Crippen LogP contribution in [0.2, 0.25) is 0 Å². The number of aryl methyl sites for hydroxylation is 2. The molecule has 0 saturated heterocycles. The minimum absolute atomic E-state index is 0.971. The molecule has 0 bridgehead atoms. The minimum Gasteiger partial charge on any atom is -0.232 e. The van der Waals surface area contributed by atoms with Gasteiger partial charge in [-0.3, -0.25) is 0 Å². The van der Waals surface area contributed by atoms with Crippen LogP contribution in [0.15, 0.2) is 48.8 Å². The molecule has 3 aromatic rings. The molecule has 1 aliphatic carbocycles. The largest absolute Gasteiger partial charge is 0.287 e. The lowest BCUT2D eigenvalue weighted by Gasteiger charge is -2.12. The molecule has 0 saturated carbocycles. The van der Waals surface area contributed by atoms with Crippen molar-refractivity contribution in [2.45, 2.75) is 13.3 Å². The molecule has 1 heterocycles. The number of benzene rings is 2. The van der Waals surface area contributed by atoms with Crippen LogP contribution in [0, 0.1) is 6.92 Å². The zero-order valence-corrected chi connectivity index (χ0v) is 12.3. The van der Waals surface area contributed by atoms with Crippen LogP contribution in [0.4, 0.5) is 0 Å². The van der Waals surface area contributed by atoms with Crippen LogP contribution >= 0.6 is 0 Å². The average molecular weight is 273 g/mol. The van der Waals surface area contributed by atoms with Gasteiger partial charge in [-0.1, -0.05) is 36.4 Å². The molecule has 2 aromatic carbocycles. The molecule has 21 heavy (non-hydrogen) atoms. The van der Waals surface area contributed by atoms with Crippen LogP contribution < -0.4 is 4.57 Å². The lowest BCUT2D eigenvalue weighted by molar-refractivity contribution is -0.663. The van der Waals surface area contributed by atoms with E-state index in [1.165, 1.54) is 33.2 Å². The summed E-state index contributed by atoms with van der Waals surface area (Å²) in [6.07, 6.45) is 7.20. The Morgan fingerprint density at radius 1 is 1.10 bits per heavy atom. The van der Waals surface area contributed by atoms with Gasteiger partial charge in [-0.15, -0.1) is 0 Å². The zero-order valence-electron chi connectivity index (χ0n) is 12.3. The molecule has 0 fully saturated rings. The van der Waals surface area contributed by atoms with E-state index >= 15 is 0 Å². The maximum Gasteiger partial charge on any atom is 0.287 e. The summed E-state index contributed by atoms with van der Waals surface area (Å²) < 4.78 is 2.14. The lowest BCUT2D eigenvalue weighted by atomic mass is 9.95. The highest BCUT2D eigenvalue weighted by Gasteiger charge is 2.23. The van der Waals surface area contributed by atoms with Crippen LogP contribution in [0.25, 0.3) is 28.1 Å². The molecule has 1 aliphatic rings. The number of hydrogen-bond acceptors (Lipinski definition) is 1. The van der Waals surface area contributed by atoms with Gasteiger partial charge >= 0.3 is 0 Å². The molecule has 0 aliphatic heterocycles. The van der Waals surface area contributed by atoms with Crippen molar-refractivity contribution in [2.75, 3.05) is 0 Å². The number of aromatic nitrogens is 2. The summed E-state index contributed by atoms with van der Waals surface area (Å²) >= 11 is 0. The Labute approximate surface area is 124 Å². The fourth-order valence-corrected chi connectivity index (χ4v) is 3.29. The molecule has 0 unspecified atom stereocenters. The molecular formula is C19H17N2+. The highest BCUT2D eigenvalue weighted by molar-refractivity contribution is 5.91. The van der Waals surface area contributed by atoms with Crippen molar-refractivity contribution in [3.63, 3.8) is 0 Å². The van der Waals surface area contributed by atoms with E-state index in [0.717, 1.165) is 12.1 Å². The number of allylic oxidation sites excluding steroid dienone is 1. The summed E-state index contributed by atoms with van der Waals surface area (Å²) in [5, 5.41) is 2.62. The van der Waals surface area contributed by atoms with Crippen molar-refractivity contribution in [1.29, 1.82) is 0 Å². The normalized spacial score (nSPS) is 12.9. The van der Waals surface area contributed by atoms with E-state index in [-0.39, 0.29) is 0 Å². The topological polar surface area (TPSA) is 16.8 Å². The van der Waals surface area contributed by atoms with E-state index in [4.69, 9.17) is 0 Å². The molecular weight excluding hydrogens is 256 g/mol. The first-order chi connectivity index (χ1) is 10.3. The Balaban J connectivity index is 2.04. The van der Waals surface area contributed by atoms with Crippen molar-refractivity contribution in [3.05, 3.63) is 65.6 Å². The van der Waals surface area contributed by atoms with Gasteiger partial charge in [0.2, 0.25) is 0 Å². The Morgan fingerprint density at radius 3 is 2.86 bits per heavy atom. The Bertz CT molecular complexity index is 891. The van der Waals surface area contributed by atoms with Crippen LogP contribution in [-0.2, 0) is 13.5 Å². The van der Waals surface area contributed by atoms with Gasteiger partial charge in [0.05, 0.1) is 12.6 Å². The predicted octanol–water partition coefficient (Wildman–Crippen LogP) is 3.60. The van der Waals surface area contributed by atoms with Crippen LogP contribution in [0.5, 0.6) is 0 Å². The van der Waals surface area contributed by atoms with Crippen LogP contribution in [0.1, 0.15) is 16.8 Å². The summed E-state index contributed by atoms with van der Waals surface area (Å²) in [7, 11) is 2.08. The average Bonchev–Trinajstić information content (AvgIpc) is 2.97. The summed E-state index contributed by atoms with van der Waals surface area (Å²) in [5.41, 5.74) is 6.37. The third kappa shape index (κ3) is 1.79. The Hall–Kier alpha value is -2.48. The van der Waals surface area contributed by atoms with Crippen molar-refractivity contribution >= 4 is 16.8 Å².